The van der Waals surface area contributed by atoms with Crippen molar-refractivity contribution < 1.29 is 9.53 Å². The molecule has 0 spiro atoms. The van der Waals surface area contributed by atoms with Crippen molar-refractivity contribution >= 4 is 5.91 Å². The van der Waals surface area contributed by atoms with Gasteiger partial charge in [-0.25, -0.2) is 0 Å². The lowest BCUT2D eigenvalue weighted by Crippen LogP contribution is -2.44. The molecule has 1 aliphatic carbocycles. The second kappa shape index (κ2) is 8.48. The fourth-order valence-electron chi connectivity index (χ4n) is 2.43. The smallest absolute Gasteiger partial charge is 0.222 e. The quantitative estimate of drug-likeness (QED) is 0.661. The first kappa shape index (κ1) is 15.4. The predicted molar refractivity (Wildman–Crippen MR) is 73.3 cm³/mol. The molecule has 0 aromatic rings. The summed E-state index contributed by atoms with van der Waals surface area (Å²) in [5.74, 6) is 0.777. The number of hydrogen-bond donors (Lipinski definition) is 2. The minimum Gasteiger partial charge on any atom is -0.380 e. The van der Waals surface area contributed by atoms with Crippen LogP contribution >= 0.6 is 0 Å². The Morgan fingerprint density at radius 1 is 1.50 bits per heavy atom. The van der Waals surface area contributed by atoms with Crippen LogP contribution in [0.3, 0.4) is 0 Å². The first-order valence-electron chi connectivity index (χ1n) is 7.23. The van der Waals surface area contributed by atoms with Crippen LogP contribution in [0.1, 0.15) is 51.9 Å². The Balaban J connectivity index is 2.36. The Hall–Kier alpha value is -0.610. The number of rotatable bonds is 9. The molecule has 1 fully saturated rings. The van der Waals surface area contributed by atoms with Gasteiger partial charge in [-0.05, 0) is 25.2 Å². The van der Waals surface area contributed by atoms with Gasteiger partial charge in [0.1, 0.15) is 0 Å². The number of ether oxygens (including phenoxy) is 1. The fourth-order valence-corrected chi connectivity index (χ4v) is 2.43. The molecule has 0 aromatic carbocycles. The number of nitrogens with two attached hydrogens (primary N) is 1. The monoisotopic (exact) mass is 256 g/mol. The van der Waals surface area contributed by atoms with E-state index in [9.17, 15) is 4.79 Å². The summed E-state index contributed by atoms with van der Waals surface area (Å²) in [6.07, 6.45) is 7.54. The Bertz CT molecular complexity index is 238. The molecule has 0 heterocycles. The SMILES string of the molecule is CCCCC(NC(=O)CC(CN)OC)C1CCC1. The highest BCUT2D eigenvalue weighted by Crippen LogP contribution is 2.31. The lowest BCUT2D eigenvalue weighted by molar-refractivity contribution is -0.124. The summed E-state index contributed by atoms with van der Waals surface area (Å²) in [5.41, 5.74) is 5.53. The summed E-state index contributed by atoms with van der Waals surface area (Å²) in [4.78, 5) is 11.9. The Kier molecular flexibility index (Phi) is 7.28. The molecule has 18 heavy (non-hydrogen) atoms. The standard InChI is InChI=1S/C14H28N2O2/c1-3-4-8-13(11-6-5-7-11)16-14(17)9-12(10-15)18-2/h11-13H,3-10,15H2,1-2H3,(H,16,17). The van der Waals surface area contributed by atoms with E-state index in [0.29, 0.717) is 24.9 Å². The third-order valence-corrected chi connectivity index (χ3v) is 3.94. The highest BCUT2D eigenvalue weighted by atomic mass is 16.5. The van der Waals surface area contributed by atoms with Gasteiger partial charge in [0.2, 0.25) is 5.91 Å². The molecule has 3 N–H and O–H groups in total. The predicted octanol–water partition coefficient (Wildman–Crippen LogP) is 1.83. The summed E-state index contributed by atoms with van der Waals surface area (Å²) in [5, 5.41) is 3.18. The van der Waals surface area contributed by atoms with Crippen LogP contribution < -0.4 is 11.1 Å². The molecule has 4 nitrogen and oxygen atoms in total. The maximum atomic E-state index is 11.9. The molecule has 2 atom stereocenters. The summed E-state index contributed by atoms with van der Waals surface area (Å²) < 4.78 is 5.15. The van der Waals surface area contributed by atoms with Gasteiger partial charge in [-0.1, -0.05) is 26.2 Å². The van der Waals surface area contributed by atoms with E-state index in [2.05, 4.69) is 12.2 Å². The number of methoxy groups -OCH3 is 1. The largest absolute Gasteiger partial charge is 0.380 e. The van der Waals surface area contributed by atoms with Gasteiger partial charge in [-0.15, -0.1) is 0 Å². The van der Waals surface area contributed by atoms with Crippen molar-refractivity contribution in [1.29, 1.82) is 0 Å². The van der Waals surface area contributed by atoms with E-state index in [1.165, 1.54) is 32.1 Å². The molecule has 2 unspecified atom stereocenters. The molecule has 106 valence electrons. The van der Waals surface area contributed by atoms with Crippen molar-refractivity contribution in [2.45, 2.75) is 64.0 Å². The number of carbonyl (C=O) groups is 1. The van der Waals surface area contributed by atoms with Crippen LogP contribution in [-0.2, 0) is 9.53 Å². The molecule has 1 saturated carbocycles. The van der Waals surface area contributed by atoms with E-state index in [-0.39, 0.29) is 12.0 Å². The molecule has 0 aliphatic heterocycles. The Labute approximate surface area is 111 Å². The second-order valence-electron chi connectivity index (χ2n) is 5.30. The highest BCUT2D eigenvalue weighted by Gasteiger charge is 2.28. The van der Waals surface area contributed by atoms with E-state index in [1.54, 1.807) is 7.11 Å². The minimum absolute atomic E-state index is 0.0836. The summed E-state index contributed by atoms with van der Waals surface area (Å²) in [7, 11) is 1.60. The number of nitrogens with one attached hydrogen (secondary N) is 1. The van der Waals surface area contributed by atoms with Crippen molar-refractivity contribution in [3.8, 4) is 0 Å². The van der Waals surface area contributed by atoms with Crippen LogP contribution in [0.15, 0.2) is 0 Å². The van der Waals surface area contributed by atoms with Crippen molar-refractivity contribution in [1.82, 2.24) is 5.32 Å². The average Bonchev–Trinajstić information content (AvgIpc) is 2.30. The van der Waals surface area contributed by atoms with Crippen molar-refractivity contribution in [2.24, 2.45) is 11.7 Å². The van der Waals surface area contributed by atoms with Gasteiger partial charge in [0, 0.05) is 19.7 Å². The molecule has 0 radical (unpaired) electrons. The van der Waals surface area contributed by atoms with Gasteiger partial charge in [-0.2, -0.15) is 0 Å². The van der Waals surface area contributed by atoms with Gasteiger partial charge in [0.25, 0.3) is 0 Å². The third kappa shape index (κ3) is 4.94. The zero-order valence-electron chi connectivity index (χ0n) is 11.8. The Morgan fingerprint density at radius 3 is 2.67 bits per heavy atom. The maximum absolute atomic E-state index is 11.9. The number of carbonyl (C=O) groups excluding carboxylic acids is 1. The summed E-state index contributed by atoms with van der Waals surface area (Å²) >= 11 is 0. The zero-order chi connectivity index (χ0) is 13.4. The maximum Gasteiger partial charge on any atom is 0.222 e. The highest BCUT2D eigenvalue weighted by molar-refractivity contribution is 5.76. The van der Waals surface area contributed by atoms with Gasteiger partial charge in [0.05, 0.1) is 12.5 Å². The first-order chi connectivity index (χ1) is 8.71. The van der Waals surface area contributed by atoms with Gasteiger partial charge in [-0.3, -0.25) is 4.79 Å². The van der Waals surface area contributed by atoms with Gasteiger partial charge < -0.3 is 15.8 Å². The second-order valence-corrected chi connectivity index (χ2v) is 5.30. The van der Waals surface area contributed by atoms with Crippen LogP contribution in [0.25, 0.3) is 0 Å². The van der Waals surface area contributed by atoms with E-state index < -0.39 is 0 Å². The molecule has 1 rings (SSSR count). The number of unbranched alkanes of at least 4 members (excludes halogenated alkanes) is 1. The topological polar surface area (TPSA) is 64.4 Å². The van der Waals surface area contributed by atoms with E-state index >= 15 is 0 Å². The van der Waals surface area contributed by atoms with E-state index in [4.69, 9.17) is 10.5 Å². The number of hydrogen-bond acceptors (Lipinski definition) is 3. The zero-order valence-corrected chi connectivity index (χ0v) is 11.8. The van der Waals surface area contributed by atoms with Crippen LogP contribution in [0, 0.1) is 5.92 Å². The van der Waals surface area contributed by atoms with Crippen LogP contribution in [-0.4, -0.2) is 31.7 Å². The lowest BCUT2D eigenvalue weighted by Gasteiger charge is -2.34. The number of amides is 1. The summed E-state index contributed by atoms with van der Waals surface area (Å²) in [6, 6.07) is 0.362. The molecule has 0 saturated heterocycles. The fraction of sp³-hybridized carbons (Fsp3) is 0.929. The van der Waals surface area contributed by atoms with Gasteiger partial charge >= 0.3 is 0 Å². The molecular formula is C14H28N2O2. The molecule has 0 bridgehead atoms. The van der Waals surface area contributed by atoms with Crippen molar-refractivity contribution in [3.05, 3.63) is 0 Å². The van der Waals surface area contributed by atoms with Crippen LogP contribution in [0.5, 0.6) is 0 Å². The van der Waals surface area contributed by atoms with Crippen LogP contribution in [0.4, 0.5) is 0 Å². The van der Waals surface area contributed by atoms with E-state index in [0.717, 1.165) is 6.42 Å². The molecule has 1 aliphatic rings. The molecule has 0 aromatic heterocycles. The molecule has 1 amide bonds. The van der Waals surface area contributed by atoms with Crippen LogP contribution in [0.2, 0.25) is 0 Å². The molecule has 4 heteroatoms. The minimum atomic E-state index is -0.154. The molecular weight excluding hydrogens is 228 g/mol. The average molecular weight is 256 g/mol. The Morgan fingerprint density at radius 2 is 2.22 bits per heavy atom. The van der Waals surface area contributed by atoms with Crippen molar-refractivity contribution in [2.75, 3.05) is 13.7 Å². The summed E-state index contributed by atoms with van der Waals surface area (Å²) in [6.45, 7) is 2.59. The van der Waals surface area contributed by atoms with E-state index in [1.807, 2.05) is 0 Å². The van der Waals surface area contributed by atoms with Crippen molar-refractivity contribution in [3.63, 3.8) is 0 Å². The first-order valence-corrected chi connectivity index (χ1v) is 7.23. The third-order valence-electron chi connectivity index (χ3n) is 3.94. The van der Waals surface area contributed by atoms with Gasteiger partial charge in [0.15, 0.2) is 0 Å². The lowest BCUT2D eigenvalue weighted by atomic mass is 9.78. The normalized spacial score (nSPS) is 19.1.